The Morgan fingerprint density at radius 2 is 2.12 bits per heavy atom. The van der Waals surface area contributed by atoms with Gasteiger partial charge in [-0.15, -0.1) is 0 Å². The molecule has 1 heterocycles. The average Bonchev–Trinajstić information content (AvgIpc) is 2.68. The molecule has 0 saturated heterocycles. The summed E-state index contributed by atoms with van der Waals surface area (Å²) in [5.41, 5.74) is 9.54. The van der Waals surface area contributed by atoms with Gasteiger partial charge in [0, 0.05) is 18.1 Å². The lowest BCUT2D eigenvalue weighted by Gasteiger charge is -2.07. The van der Waals surface area contributed by atoms with E-state index in [0.717, 1.165) is 18.7 Å². The molecule has 2 aromatic rings. The van der Waals surface area contributed by atoms with Gasteiger partial charge in [-0.05, 0) is 50.1 Å². The summed E-state index contributed by atoms with van der Waals surface area (Å²) >= 11 is 0. The van der Waals surface area contributed by atoms with Gasteiger partial charge in [-0.2, -0.15) is 0 Å². The van der Waals surface area contributed by atoms with E-state index < -0.39 is 0 Å². The average molecular weight is 232 g/mol. The predicted molar refractivity (Wildman–Crippen MR) is 71.7 cm³/mol. The van der Waals surface area contributed by atoms with E-state index in [-0.39, 0.29) is 0 Å². The predicted octanol–water partition coefficient (Wildman–Crippen LogP) is 2.48. The number of nitrogens with two attached hydrogens (primary N) is 1. The molecule has 17 heavy (non-hydrogen) atoms. The van der Waals surface area contributed by atoms with Crippen LogP contribution >= 0.6 is 0 Å². The molecule has 2 N–H and O–H groups in total. The van der Waals surface area contributed by atoms with Gasteiger partial charge in [0.1, 0.15) is 5.75 Å². The molecule has 0 radical (unpaired) electrons. The van der Waals surface area contributed by atoms with Crippen LogP contribution in [0, 0.1) is 6.92 Å². The van der Waals surface area contributed by atoms with Crippen molar-refractivity contribution in [3.8, 4) is 5.75 Å². The number of aromatic nitrogens is 1. The summed E-state index contributed by atoms with van der Waals surface area (Å²) in [5.74, 6) is 0.919. The first-order valence-corrected chi connectivity index (χ1v) is 6.07. The number of benzene rings is 1. The molecule has 0 unspecified atom stereocenters. The zero-order valence-electron chi connectivity index (χ0n) is 10.8. The van der Waals surface area contributed by atoms with Gasteiger partial charge in [0.25, 0.3) is 0 Å². The highest BCUT2D eigenvalue weighted by Crippen LogP contribution is 2.29. The zero-order chi connectivity index (χ0) is 12.4. The van der Waals surface area contributed by atoms with Crippen LogP contribution in [-0.4, -0.2) is 18.2 Å². The van der Waals surface area contributed by atoms with Gasteiger partial charge in [0.15, 0.2) is 0 Å². The first-order valence-electron chi connectivity index (χ1n) is 6.07. The molecule has 0 aliphatic carbocycles. The number of methoxy groups -OCH3 is 1. The van der Waals surface area contributed by atoms with Gasteiger partial charge in [0.2, 0.25) is 0 Å². The molecular weight excluding hydrogens is 212 g/mol. The number of aryl methyl sites for hydroxylation is 2. The van der Waals surface area contributed by atoms with Crippen LogP contribution in [0.2, 0.25) is 0 Å². The Balaban J connectivity index is 2.71. The highest BCUT2D eigenvalue weighted by Gasteiger charge is 2.11. The maximum atomic E-state index is 5.67. The van der Waals surface area contributed by atoms with E-state index in [1.54, 1.807) is 7.11 Å². The molecule has 1 aromatic carbocycles. The third-order valence-corrected chi connectivity index (χ3v) is 3.21. The van der Waals surface area contributed by atoms with Gasteiger partial charge in [-0.1, -0.05) is 0 Å². The normalized spacial score (nSPS) is 11.1. The first-order chi connectivity index (χ1) is 8.21. The highest BCUT2D eigenvalue weighted by atomic mass is 16.5. The van der Waals surface area contributed by atoms with Crippen LogP contribution in [0.25, 0.3) is 10.9 Å². The summed E-state index contributed by atoms with van der Waals surface area (Å²) in [7, 11) is 1.71. The Morgan fingerprint density at radius 1 is 1.35 bits per heavy atom. The zero-order valence-corrected chi connectivity index (χ0v) is 10.8. The number of nitrogens with zero attached hydrogens (tertiary/aromatic N) is 1. The van der Waals surface area contributed by atoms with E-state index in [1.165, 1.54) is 22.0 Å². The van der Waals surface area contributed by atoms with Gasteiger partial charge < -0.3 is 15.0 Å². The summed E-state index contributed by atoms with van der Waals surface area (Å²) in [6.07, 6.45) is 3.13. The lowest BCUT2D eigenvalue weighted by Crippen LogP contribution is -2.02. The van der Waals surface area contributed by atoms with Gasteiger partial charge in [0.05, 0.1) is 12.6 Å². The van der Waals surface area contributed by atoms with Crippen LogP contribution < -0.4 is 10.5 Å². The summed E-state index contributed by atoms with van der Waals surface area (Å²) in [5, 5.41) is 1.27. The SMILES string of the molecule is CCn1cc(CCN)c2cc(OC)cc(C)c21. The topological polar surface area (TPSA) is 40.2 Å². The van der Waals surface area contributed by atoms with Crippen molar-refractivity contribution < 1.29 is 4.74 Å². The maximum absolute atomic E-state index is 5.67. The number of fused-ring (bicyclic) bond motifs is 1. The van der Waals surface area contributed by atoms with Crippen LogP contribution in [0.15, 0.2) is 18.3 Å². The number of rotatable bonds is 4. The maximum Gasteiger partial charge on any atom is 0.119 e. The highest BCUT2D eigenvalue weighted by molar-refractivity contribution is 5.88. The summed E-state index contributed by atoms with van der Waals surface area (Å²) in [6, 6.07) is 4.19. The fourth-order valence-electron chi connectivity index (χ4n) is 2.42. The summed E-state index contributed by atoms with van der Waals surface area (Å²) < 4.78 is 7.63. The van der Waals surface area contributed by atoms with E-state index in [0.29, 0.717) is 6.54 Å². The second kappa shape index (κ2) is 4.80. The number of hydrogen-bond donors (Lipinski definition) is 1. The van der Waals surface area contributed by atoms with Crippen LogP contribution in [0.4, 0.5) is 0 Å². The van der Waals surface area contributed by atoms with Crippen LogP contribution in [-0.2, 0) is 13.0 Å². The molecule has 3 nitrogen and oxygen atoms in total. The second-order valence-electron chi connectivity index (χ2n) is 4.32. The van der Waals surface area contributed by atoms with Crippen molar-refractivity contribution in [2.24, 2.45) is 5.73 Å². The molecule has 0 saturated carbocycles. The van der Waals surface area contributed by atoms with Crippen molar-refractivity contribution in [2.45, 2.75) is 26.8 Å². The number of hydrogen-bond acceptors (Lipinski definition) is 2. The van der Waals surface area contributed by atoms with Crippen LogP contribution in [0.3, 0.4) is 0 Å². The first kappa shape index (κ1) is 12.0. The minimum absolute atomic E-state index is 0.680. The Hall–Kier alpha value is -1.48. The van der Waals surface area contributed by atoms with Gasteiger partial charge in [-0.3, -0.25) is 0 Å². The molecule has 0 spiro atoms. The molecule has 3 heteroatoms. The smallest absolute Gasteiger partial charge is 0.119 e. The Bertz CT molecular complexity index is 528. The minimum atomic E-state index is 0.680. The monoisotopic (exact) mass is 232 g/mol. The van der Waals surface area contributed by atoms with Crippen molar-refractivity contribution in [3.05, 3.63) is 29.5 Å². The van der Waals surface area contributed by atoms with Crippen molar-refractivity contribution in [1.29, 1.82) is 0 Å². The summed E-state index contributed by atoms with van der Waals surface area (Å²) in [6.45, 7) is 5.95. The third-order valence-electron chi connectivity index (χ3n) is 3.21. The van der Waals surface area contributed by atoms with Crippen molar-refractivity contribution in [1.82, 2.24) is 4.57 Å². The molecular formula is C14H20N2O. The van der Waals surface area contributed by atoms with Crippen molar-refractivity contribution in [3.63, 3.8) is 0 Å². The van der Waals surface area contributed by atoms with Crippen molar-refractivity contribution in [2.75, 3.05) is 13.7 Å². The van der Waals surface area contributed by atoms with E-state index >= 15 is 0 Å². The van der Waals surface area contributed by atoms with E-state index in [2.05, 4.69) is 36.7 Å². The molecule has 92 valence electrons. The van der Waals surface area contributed by atoms with E-state index in [1.807, 2.05) is 0 Å². The molecule has 0 aliphatic heterocycles. The lowest BCUT2D eigenvalue weighted by atomic mass is 10.1. The molecule has 0 amide bonds. The van der Waals surface area contributed by atoms with E-state index in [9.17, 15) is 0 Å². The standard InChI is InChI=1S/C14H20N2O/c1-4-16-9-11(5-6-15)13-8-12(17-3)7-10(2)14(13)16/h7-9H,4-6,15H2,1-3H3. The molecule has 2 rings (SSSR count). The summed E-state index contributed by atoms with van der Waals surface area (Å²) in [4.78, 5) is 0. The van der Waals surface area contributed by atoms with Crippen LogP contribution in [0.1, 0.15) is 18.1 Å². The van der Waals surface area contributed by atoms with Gasteiger partial charge >= 0.3 is 0 Å². The third kappa shape index (κ3) is 2.03. The van der Waals surface area contributed by atoms with E-state index in [4.69, 9.17) is 10.5 Å². The molecule has 1 aromatic heterocycles. The Labute approximate surface area is 102 Å². The quantitative estimate of drug-likeness (QED) is 0.879. The second-order valence-corrected chi connectivity index (χ2v) is 4.32. The lowest BCUT2D eigenvalue weighted by molar-refractivity contribution is 0.415. The Kier molecular flexibility index (Phi) is 3.38. The molecule has 0 fully saturated rings. The minimum Gasteiger partial charge on any atom is -0.497 e. The van der Waals surface area contributed by atoms with Gasteiger partial charge in [-0.25, -0.2) is 0 Å². The molecule has 0 atom stereocenters. The fraction of sp³-hybridized carbons (Fsp3) is 0.429. The Morgan fingerprint density at radius 3 is 2.71 bits per heavy atom. The van der Waals surface area contributed by atoms with Crippen LogP contribution in [0.5, 0.6) is 5.75 Å². The fourth-order valence-corrected chi connectivity index (χ4v) is 2.42. The number of ether oxygens (including phenoxy) is 1. The molecule has 0 bridgehead atoms. The van der Waals surface area contributed by atoms with Crippen molar-refractivity contribution >= 4 is 10.9 Å². The largest absolute Gasteiger partial charge is 0.497 e. The molecule has 0 aliphatic rings.